The lowest BCUT2D eigenvalue weighted by molar-refractivity contribution is -0.126. The highest BCUT2D eigenvalue weighted by Crippen LogP contribution is 2.32. The normalized spacial score (nSPS) is 18.0. The minimum Gasteiger partial charge on any atom is -0.481 e. The van der Waals surface area contributed by atoms with Gasteiger partial charge in [0.25, 0.3) is 5.91 Å². The van der Waals surface area contributed by atoms with Gasteiger partial charge in [0, 0.05) is 11.7 Å². The Balaban J connectivity index is 1.87. The van der Waals surface area contributed by atoms with Crippen LogP contribution in [0.5, 0.6) is 5.75 Å². The van der Waals surface area contributed by atoms with Crippen LogP contribution in [-0.2, 0) is 11.2 Å². The Labute approximate surface area is 142 Å². The Morgan fingerprint density at radius 3 is 2.75 bits per heavy atom. The molecule has 1 heterocycles. The van der Waals surface area contributed by atoms with Crippen LogP contribution in [0.25, 0.3) is 0 Å². The molecule has 1 aliphatic heterocycles. The van der Waals surface area contributed by atoms with Crippen LogP contribution in [0, 0.1) is 5.82 Å². The monoisotopic (exact) mass is 327 g/mol. The molecule has 0 aromatic heterocycles. The molecule has 0 radical (unpaired) electrons. The van der Waals surface area contributed by atoms with Gasteiger partial charge in [0.15, 0.2) is 6.10 Å². The molecule has 3 nitrogen and oxygen atoms in total. The van der Waals surface area contributed by atoms with Gasteiger partial charge < -0.3 is 9.64 Å². The number of para-hydroxylation sites is 1. The summed E-state index contributed by atoms with van der Waals surface area (Å²) >= 11 is 0. The van der Waals surface area contributed by atoms with Gasteiger partial charge in [-0.25, -0.2) is 4.39 Å². The number of nitrogens with zero attached hydrogens (tertiary/aromatic N) is 1. The highest BCUT2D eigenvalue weighted by molar-refractivity contribution is 5.98. The summed E-state index contributed by atoms with van der Waals surface area (Å²) in [6, 6.07) is 14.1. The Morgan fingerprint density at radius 1 is 1.29 bits per heavy atom. The zero-order chi connectivity index (χ0) is 17.1. The van der Waals surface area contributed by atoms with E-state index in [2.05, 4.69) is 0 Å². The molecule has 2 aromatic carbocycles. The lowest BCUT2D eigenvalue weighted by Crippen LogP contribution is -2.48. The largest absolute Gasteiger partial charge is 0.481 e. The summed E-state index contributed by atoms with van der Waals surface area (Å²) in [7, 11) is 0. The average molecular weight is 327 g/mol. The summed E-state index contributed by atoms with van der Waals surface area (Å²) in [6.07, 6.45) is 1.64. The number of hydrogen-bond donors (Lipinski definition) is 0. The van der Waals surface area contributed by atoms with Crippen LogP contribution in [0.4, 0.5) is 10.1 Å². The highest BCUT2D eigenvalue weighted by Gasteiger charge is 2.33. The van der Waals surface area contributed by atoms with Gasteiger partial charge >= 0.3 is 0 Å². The van der Waals surface area contributed by atoms with Crippen molar-refractivity contribution >= 4 is 11.6 Å². The smallest absolute Gasteiger partial charge is 0.268 e. The molecule has 3 rings (SSSR count). The third-order valence-corrected chi connectivity index (χ3v) is 4.48. The predicted molar refractivity (Wildman–Crippen MR) is 92.8 cm³/mol. The minimum absolute atomic E-state index is 0.0681. The Morgan fingerprint density at radius 2 is 2.04 bits per heavy atom. The maximum atomic E-state index is 13.5. The van der Waals surface area contributed by atoms with Gasteiger partial charge in [-0.15, -0.1) is 0 Å². The van der Waals surface area contributed by atoms with Crippen LogP contribution in [0.15, 0.2) is 48.5 Å². The van der Waals surface area contributed by atoms with Crippen molar-refractivity contribution in [1.29, 1.82) is 0 Å². The summed E-state index contributed by atoms with van der Waals surface area (Å²) < 4.78 is 19.4. The molecule has 0 spiro atoms. The number of ether oxygens (including phenoxy) is 1. The van der Waals surface area contributed by atoms with Crippen molar-refractivity contribution in [2.24, 2.45) is 0 Å². The second-order valence-electron chi connectivity index (χ2n) is 6.20. The van der Waals surface area contributed by atoms with Crippen LogP contribution in [0.2, 0.25) is 0 Å². The highest BCUT2D eigenvalue weighted by atomic mass is 19.1. The topological polar surface area (TPSA) is 29.5 Å². The van der Waals surface area contributed by atoms with Gasteiger partial charge in [-0.3, -0.25) is 4.79 Å². The fourth-order valence-electron chi connectivity index (χ4n) is 3.18. The Bertz CT molecular complexity index is 717. The van der Waals surface area contributed by atoms with Crippen molar-refractivity contribution in [3.8, 4) is 5.75 Å². The van der Waals surface area contributed by atoms with Crippen molar-refractivity contribution in [2.75, 3.05) is 4.90 Å². The van der Waals surface area contributed by atoms with Crippen LogP contribution in [0.1, 0.15) is 32.3 Å². The van der Waals surface area contributed by atoms with E-state index in [9.17, 15) is 9.18 Å². The molecule has 2 aromatic rings. The van der Waals surface area contributed by atoms with E-state index in [0.29, 0.717) is 12.2 Å². The second-order valence-corrected chi connectivity index (χ2v) is 6.20. The van der Waals surface area contributed by atoms with Crippen LogP contribution >= 0.6 is 0 Å². The number of halogens is 1. The first-order valence-electron chi connectivity index (χ1n) is 8.43. The van der Waals surface area contributed by atoms with E-state index in [0.717, 1.165) is 24.1 Å². The zero-order valence-electron chi connectivity index (χ0n) is 14.0. The van der Waals surface area contributed by atoms with Gasteiger partial charge in [0.2, 0.25) is 0 Å². The Hall–Kier alpha value is -2.36. The molecule has 2 atom stereocenters. The number of benzene rings is 2. The van der Waals surface area contributed by atoms with Gasteiger partial charge in [-0.2, -0.15) is 0 Å². The van der Waals surface area contributed by atoms with E-state index in [1.165, 1.54) is 12.1 Å². The third kappa shape index (κ3) is 3.28. The first-order valence-corrected chi connectivity index (χ1v) is 8.43. The molecule has 0 saturated carbocycles. The second kappa shape index (κ2) is 7.04. The van der Waals surface area contributed by atoms with Gasteiger partial charge in [0.05, 0.1) is 0 Å². The van der Waals surface area contributed by atoms with Gasteiger partial charge in [-0.05, 0) is 62.1 Å². The molecule has 0 fully saturated rings. The van der Waals surface area contributed by atoms with Crippen molar-refractivity contribution in [3.05, 3.63) is 59.9 Å². The number of amides is 1. The van der Waals surface area contributed by atoms with E-state index < -0.39 is 6.10 Å². The molecule has 0 bridgehead atoms. The van der Waals surface area contributed by atoms with E-state index in [1.807, 2.05) is 44.2 Å². The minimum atomic E-state index is -0.550. The number of rotatable bonds is 4. The summed E-state index contributed by atoms with van der Waals surface area (Å²) in [5.74, 6) is 0.353. The van der Waals surface area contributed by atoms with Gasteiger partial charge in [0.1, 0.15) is 11.6 Å². The molecular weight excluding hydrogens is 305 g/mol. The summed E-state index contributed by atoms with van der Waals surface area (Å²) in [6.45, 7) is 3.96. The molecule has 126 valence electrons. The van der Waals surface area contributed by atoms with E-state index in [4.69, 9.17) is 4.74 Å². The zero-order valence-corrected chi connectivity index (χ0v) is 14.0. The van der Waals surface area contributed by atoms with Crippen LogP contribution in [0.3, 0.4) is 0 Å². The molecule has 1 amide bonds. The van der Waals surface area contributed by atoms with Crippen LogP contribution < -0.4 is 9.64 Å². The molecule has 24 heavy (non-hydrogen) atoms. The number of carbonyl (C=O) groups is 1. The number of fused-ring (bicyclic) bond motifs is 1. The quantitative estimate of drug-likeness (QED) is 0.835. The summed E-state index contributed by atoms with van der Waals surface area (Å²) in [4.78, 5) is 14.9. The fraction of sp³-hybridized carbons (Fsp3) is 0.350. The van der Waals surface area contributed by atoms with E-state index in [-0.39, 0.29) is 17.8 Å². The summed E-state index contributed by atoms with van der Waals surface area (Å²) in [5, 5.41) is 0. The standard InChI is InChI=1S/C20H22FNO2/c1-3-19(24-17-7-5-4-6-8-17)20(23)22-14(2)9-10-15-13-16(21)11-12-18(15)22/h4-8,11-14,19H,3,9-10H2,1-2H3/t14-,19-/m0/s1. The van der Waals surface area contributed by atoms with E-state index >= 15 is 0 Å². The maximum Gasteiger partial charge on any atom is 0.268 e. The van der Waals surface area contributed by atoms with Crippen LogP contribution in [-0.4, -0.2) is 18.1 Å². The number of carbonyl (C=O) groups excluding carboxylic acids is 1. The fourth-order valence-corrected chi connectivity index (χ4v) is 3.18. The molecule has 0 saturated heterocycles. The van der Waals surface area contributed by atoms with Crippen molar-refractivity contribution in [2.45, 2.75) is 45.3 Å². The molecule has 1 aliphatic rings. The first kappa shape index (κ1) is 16.5. The lowest BCUT2D eigenvalue weighted by Gasteiger charge is -2.37. The predicted octanol–water partition coefficient (Wildman–Crippen LogP) is 4.35. The average Bonchev–Trinajstić information content (AvgIpc) is 2.60. The summed E-state index contributed by atoms with van der Waals surface area (Å²) in [5.41, 5.74) is 1.69. The molecule has 0 unspecified atom stereocenters. The van der Waals surface area contributed by atoms with E-state index in [1.54, 1.807) is 11.0 Å². The molecule has 4 heteroatoms. The third-order valence-electron chi connectivity index (χ3n) is 4.48. The first-order chi connectivity index (χ1) is 11.6. The Kier molecular flexibility index (Phi) is 4.84. The molecule has 0 aliphatic carbocycles. The SMILES string of the molecule is CC[C@H](Oc1ccccc1)C(=O)N1c2ccc(F)cc2CC[C@@H]1C. The molecular formula is C20H22FNO2. The molecule has 0 N–H and O–H groups in total. The maximum absolute atomic E-state index is 13.5. The number of anilines is 1. The van der Waals surface area contributed by atoms with Gasteiger partial charge in [-0.1, -0.05) is 25.1 Å². The van der Waals surface area contributed by atoms with Crippen molar-refractivity contribution in [3.63, 3.8) is 0 Å². The van der Waals surface area contributed by atoms with Crippen molar-refractivity contribution < 1.29 is 13.9 Å². The lowest BCUT2D eigenvalue weighted by atomic mass is 9.95. The van der Waals surface area contributed by atoms with Crippen molar-refractivity contribution in [1.82, 2.24) is 0 Å². The number of hydrogen-bond acceptors (Lipinski definition) is 2. The number of aryl methyl sites for hydroxylation is 1.